The molecular weight excluding hydrogens is 274 g/mol. The highest BCUT2D eigenvalue weighted by Gasteiger charge is 2.25. The van der Waals surface area contributed by atoms with Crippen LogP contribution in [0.2, 0.25) is 0 Å². The van der Waals surface area contributed by atoms with Crippen LogP contribution in [0.3, 0.4) is 0 Å². The molecule has 0 fully saturated rings. The largest absolute Gasteiger partial charge is 0.399 e. The van der Waals surface area contributed by atoms with Crippen LogP contribution in [-0.2, 0) is 10.0 Å². The Morgan fingerprint density at radius 2 is 2.20 bits per heavy atom. The number of H-pyrrole nitrogens is 1. The van der Waals surface area contributed by atoms with Crippen molar-refractivity contribution >= 4 is 26.6 Å². The van der Waals surface area contributed by atoms with Crippen LogP contribution in [-0.4, -0.2) is 30.8 Å². The number of hydrogen-bond acceptors (Lipinski definition) is 3. The fourth-order valence-electron chi connectivity index (χ4n) is 2.17. The molecule has 0 spiro atoms. The molecule has 0 atom stereocenters. The third-order valence-electron chi connectivity index (χ3n) is 3.09. The molecule has 108 valence electrons. The molecule has 0 radical (unpaired) electrons. The van der Waals surface area contributed by atoms with Gasteiger partial charge >= 0.3 is 0 Å². The Balaban J connectivity index is 2.53. The smallest absolute Gasteiger partial charge is 0.245 e. The lowest BCUT2D eigenvalue weighted by Crippen LogP contribution is -2.31. The summed E-state index contributed by atoms with van der Waals surface area (Å²) in [5, 5.41) is 0.657. The van der Waals surface area contributed by atoms with Crippen LogP contribution in [0.25, 0.3) is 10.9 Å². The van der Waals surface area contributed by atoms with E-state index in [0.717, 1.165) is 11.9 Å². The van der Waals surface area contributed by atoms with Gasteiger partial charge in [0.2, 0.25) is 10.0 Å². The van der Waals surface area contributed by atoms with Gasteiger partial charge in [-0.2, -0.15) is 4.31 Å². The SMILES string of the molecule is C=CCN(CCC)S(=O)(=O)c1c[nH]c2cc(N)ccc12. The summed E-state index contributed by atoms with van der Waals surface area (Å²) >= 11 is 0. The van der Waals surface area contributed by atoms with Gasteiger partial charge in [-0.25, -0.2) is 8.42 Å². The molecule has 0 unspecified atom stereocenters. The number of fused-ring (bicyclic) bond motifs is 1. The number of nitrogens with two attached hydrogens (primary N) is 1. The fourth-order valence-corrected chi connectivity index (χ4v) is 3.84. The molecule has 1 aromatic carbocycles. The zero-order chi connectivity index (χ0) is 14.8. The minimum absolute atomic E-state index is 0.280. The van der Waals surface area contributed by atoms with Crippen LogP contribution in [0, 0.1) is 0 Å². The zero-order valence-corrected chi connectivity index (χ0v) is 12.3. The van der Waals surface area contributed by atoms with E-state index in [-0.39, 0.29) is 4.90 Å². The van der Waals surface area contributed by atoms with Crippen LogP contribution >= 0.6 is 0 Å². The maximum Gasteiger partial charge on any atom is 0.245 e. The van der Waals surface area contributed by atoms with E-state index >= 15 is 0 Å². The van der Waals surface area contributed by atoms with E-state index in [1.54, 1.807) is 24.3 Å². The van der Waals surface area contributed by atoms with Crippen molar-refractivity contribution in [2.75, 3.05) is 18.8 Å². The summed E-state index contributed by atoms with van der Waals surface area (Å²) in [6.07, 6.45) is 3.87. The number of aromatic nitrogens is 1. The monoisotopic (exact) mass is 293 g/mol. The van der Waals surface area contributed by atoms with Crippen molar-refractivity contribution in [2.45, 2.75) is 18.2 Å². The van der Waals surface area contributed by atoms with Gasteiger partial charge in [-0.15, -0.1) is 6.58 Å². The highest BCUT2D eigenvalue weighted by molar-refractivity contribution is 7.89. The maximum absolute atomic E-state index is 12.7. The number of sulfonamides is 1. The summed E-state index contributed by atoms with van der Waals surface area (Å²) in [6.45, 7) is 6.34. The summed E-state index contributed by atoms with van der Waals surface area (Å²) in [6, 6.07) is 5.16. The van der Waals surface area contributed by atoms with E-state index in [0.29, 0.717) is 24.2 Å². The van der Waals surface area contributed by atoms with Crippen LogP contribution < -0.4 is 5.73 Å². The van der Waals surface area contributed by atoms with E-state index in [2.05, 4.69) is 11.6 Å². The van der Waals surface area contributed by atoms with Crippen LogP contribution in [0.15, 0.2) is 41.9 Å². The number of nitrogens with zero attached hydrogens (tertiary/aromatic N) is 1. The van der Waals surface area contributed by atoms with Gasteiger partial charge in [-0.1, -0.05) is 13.0 Å². The molecular formula is C14H19N3O2S. The van der Waals surface area contributed by atoms with E-state index < -0.39 is 10.0 Å². The van der Waals surface area contributed by atoms with Gasteiger partial charge in [0.15, 0.2) is 0 Å². The lowest BCUT2D eigenvalue weighted by Gasteiger charge is -2.19. The van der Waals surface area contributed by atoms with Crippen LogP contribution in [0.4, 0.5) is 5.69 Å². The predicted molar refractivity (Wildman–Crippen MR) is 82.0 cm³/mol. The molecule has 20 heavy (non-hydrogen) atoms. The summed E-state index contributed by atoms with van der Waals surface area (Å²) in [7, 11) is -3.53. The Morgan fingerprint density at radius 1 is 1.45 bits per heavy atom. The Hall–Kier alpha value is -1.79. The first-order valence-corrected chi connectivity index (χ1v) is 7.92. The molecule has 0 aliphatic carbocycles. The molecule has 0 aliphatic heterocycles. The van der Waals surface area contributed by atoms with Crippen molar-refractivity contribution < 1.29 is 8.42 Å². The zero-order valence-electron chi connectivity index (χ0n) is 11.5. The summed E-state index contributed by atoms with van der Waals surface area (Å²) in [5.41, 5.74) is 7.02. The van der Waals surface area contributed by atoms with Crippen LogP contribution in [0.5, 0.6) is 0 Å². The first-order chi connectivity index (χ1) is 9.50. The Bertz CT molecular complexity index is 719. The topological polar surface area (TPSA) is 79.2 Å². The van der Waals surface area contributed by atoms with E-state index in [1.807, 2.05) is 6.92 Å². The van der Waals surface area contributed by atoms with Gasteiger partial charge in [0.05, 0.1) is 0 Å². The first kappa shape index (κ1) is 14.6. The molecule has 0 aliphatic rings. The van der Waals surface area contributed by atoms with Gasteiger partial charge in [0, 0.05) is 35.9 Å². The van der Waals surface area contributed by atoms with Gasteiger partial charge in [0.25, 0.3) is 0 Å². The molecule has 0 amide bonds. The average molecular weight is 293 g/mol. The lowest BCUT2D eigenvalue weighted by molar-refractivity contribution is 0.442. The van der Waals surface area contributed by atoms with Crippen molar-refractivity contribution in [3.63, 3.8) is 0 Å². The van der Waals surface area contributed by atoms with Crippen LogP contribution in [0.1, 0.15) is 13.3 Å². The second-order valence-corrected chi connectivity index (χ2v) is 6.52. The molecule has 5 nitrogen and oxygen atoms in total. The van der Waals surface area contributed by atoms with Crippen molar-refractivity contribution in [3.8, 4) is 0 Å². The first-order valence-electron chi connectivity index (χ1n) is 6.48. The standard InChI is InChI=1S/C14H19N3O2S/c1-3-7-17(8-4-2)20(18,19)14-10-16-13-9-11(15)5-6-12(13)14/h3,5-6,9-10,16H,1,4,7-8,15H2,2H3. The summed E-state index contributed by atoms with van der Waals surface area (Å²) in [4.78, 5) is 3.24. The van der Waals surface area contributed by atoms with E-state index in [1.165, 1.54) is 10.5 Å². The lowest BCUT2D eigenvalue weighted by atomic mass is 10.2. The summed E-state index contributed by atoms with van der Waals surface area (Å²) < 4.78 is 26.8. The average Bonchev–Trinajstić information content (AvgIpc) is 2.82. The number of nitrogen functional groups attached to an aromatic ring is 1. The molecule has 6 heteroatoms. The summed E-state index contributed by atoms with van der Waals surface area (Å²) in [5.74, 6) is 0. The molecule has 0 saturated carbocycles. The highest BCUT2D eigenvalue weighted by atomic mass is 32.2. The van der Waals surface area contributed by atoms with Crippen molar-refractivity contribution in [3.05, 3.63) is 37.1 Å². The highest BCUT2D eigenvalue weighted by Crippen LogP contribution is 2.27. The molecule has 1 heterocycles. The Morgan fingerprint density at radius 3 is 2.85 bits per heavy atom. The Labute approximate surface area is 119 Å². The second-order valence-electron chi connectivity index (χ2n) is 4.61. The number of benzene rings is 1. The van der Waals surface area contributed by atoms with E-state index in [4.69, 9.17) is 5.73 Å². The molecule has 2 rings (SSSR count). The molecule has 1 aromatic heterocycles. The fraction of sp³-hybridized carbons (Fsp3) is 0.286. The molecule has 0 saturated heterocycles. The number of anilines is 1. The third kappa shape index (κ3) is 2.57. The number of hydrogen-bond donors (Lipinski definition) is 2. The molecule has 0 bridgehead atoms. The van der Waals surface area contributed by atoms with Gasteiger partial charge < -0.3 is 10.7 Å². The maximum atomic E-state index is 12.7. The second kappa shape index (κ2) is 5.68. The quantitative estimate of drug-likeness (QED) is 0.633. The van der Waals surface area contributed by atoms with E-state index in [9.17, 15) is 8.42 Å². The molecule has 3 N–H and O–H groups in total. The number of rotatable bonds is 6. The molecule has 2 aromatic rings. The van der Waals surface area contributed by atoms with Gasteiger partial charge in [-0.05, 0) is 24.6 Å². The minimum Gasteiger partial charge on any atom is -0.399 e. The third-order valence-corrected chi connectivity index (χ3v) is 5.00. The van der Waals surface area contributed by atoms with Gasteiger partial charge in [-0.3, -0.25) is 0 Å². The van der Waals surface area contributed by atoms with Crippen molar-refractivity contribution in [1.82, 2.24) is 9.29 Å². The van der Waals surface area contributed by atoms with Crippen molar-refractivity contribution in [1.29, 1.82) is 0 Å². The number of aromatic amines is 1. The number of nitrogens with one attached hydrogen (secondary N) is 1. The predicted octanol–water partition coefficient (Wildman–Crippen LogP) is 2.34. The van der Waals surface area contributed by atoms with Crippen molar-refractivity contribution in [2.24, 2.45) is 0 Å². The Kier molecular flexibility index (Phi) is 4.15. The van der Waals surface area contributed by atoms with Gasteiger partial charge in [0.1, 0.15) is 4.90 Å². The minimum atomic E-state index is -3.53. The normalized spacial score (nSPS) is 12.1.